The highest BCUT2D eigenvalue weighted by Gasteiger charge is 2.13. The Morgan fingerprint density at radius 1 is 1.27 bits per heavy atom. The highest BCUT2D eigenvalue weighted by molar-refractivity contribution is 5.80. The van der Waals surface area contributed by atoms with Crippen molar-refractivity contribution in [1.82, 2.24) is 0 Å². The molecule has 1 rings (SSSR count). The summed E-state index contributed by atoms with van der Waals surface area (Å²) < 4.78 is 0. The van der Waals surface area contributed by atoms with Crippen LogP contribution in [0.15, 0.2) is 24.3 Å². The van der Waals surface area contributed by atoms with E-state index in [1.165, 1.54) is 5.56 Å². The third-order valence-corrected chi connectivity index (χ3v) is 2.59. The number of rotatable bonds is 3. The maximum absolute atomic E-state index is 11.3. The number of ketones is 1. The van der Waals surface area contributed by atoms with Crippen molar-refractivity contribution in [2.24, 2.45) is 0 Å². The predicted molar refractivity (Wildman–Crippen MR) is 64.1 cm³/mol. The Morgan fingerprint density at radius 3 is 2.47 bits per heavy atom. The van der Waals surface area contributed by atoms with Gasteiger partial charge >= 0.3 is 0 Å². The molecule has 0 aromatic heterocycles. The van der Waals surface area contributed by atoms with E-state index in [1.54, 1.807) is 0 Å². The van der Waals surface area contributed by atoms with E-state index in [-0.39, 0.29) is 5.41 Å². The van der Waals surface area contributed by atoms with Gasteiger partial charge in [-0.25, -0.2) is 0 Å². The lowest BCUT2D eigenvalue weighted by Crippen LogP contribution is -2.11. The van der Waals surface area contributed by atoms with Crippen LogP contribution in [0.3, 0.4) is 0 Å². The molecule has 1 aromatic carbocycles. The molecule has 0 spiro atoms. The van der Waals surface area contributed by atoms with E-state index in [2.05, 4.69) is 32.9 Å². The van der Waals surface area contributed by atoms with Gasteiger partial charge in [-0.15, -0.1) is 0 Å². The first kappa shape index (κ1) is 12.0. The van der Waals surface area contributed by atoms with Crippen LogP contribution in [0.4, 0.5) is 0 Å². The number of hydrogen-bond acceptors (Lipinski definition) is 1. The van der Waals surface area contributed by atoms with Crippen molar-refractivity contribution >= 4 is 5.78 Å². The Bertz CT molecular complexity index is 345. The Kier molecular flexibility index (Phi) is 3.67. The normalized spacial score (nSPS) is 11.5. The molecule has 0 unspecified atom stereocenters. The summed E-state index contributed by atoms with van der Waals surface area (Å²) in [5.74, 6) is 0.307. The molecule has 0 amide bonds. The van der Waals surface area contributed by atoms with Crippen molar-refractivity contribution in [2.45, 2.75) is 46.0 Å². The number of carbonyl (C=O) groups excluding carboxylic acids is 1. The Morgan fingerprint density at radius 2 is 1.93 bits per heavy atom. The summed E-state index contributed by atoms with van der Waals surface area (Å²) in [6, 6.07) is 8.34. The summed E-state index contributed by atoms with van der Waals surface area (Å²) in [5.41, 5.74) is 2.59. The van der Waals surface area contributed by atoms with Crippen molar-refractivity contribution in [2.75, 3.05) is 0 Å². The first-order chi connectivity index (χ1) is 6.93. The van der Waals surface area contributed by atoms with E-state index < -0.39 is 0 Å². The van der Waals surface area contributed by atoms with Crippen molar-refractivity contribution in [3.63, 3.8) is 0 Å². The quantitative estimate of drug-likeness (QED) is 0.736. The third-order valence-electron chi connectivity index (χ3n) is 2.59. The van der Waals surface area contributed by atoms with Gasteiger partial charge in [-0.05, 0) is 16.5 Å². The fourth-order valence-corrected chi connectivity index (χ4v) is 1.50. The fourth-order valence-electron chi connectivity index (χ4n) is 1.50. The fraction of sp³-hybridized carbons (Fsp3) is 0.500. The molecule has 0 aliphatic heterocycles. The molecule has 0 saturated heterocycles. The smallest absolute Gasteiger partial charge is 0.136 e. The van der Waals surface area contributed by atoms with Gasteiger partial charge in [-0.1, -0.05) is 52.0 Å². The van der Waals surface area contributed by atoms with Crippen molar-refractivity contribution < 1.29 is 4.79 Å². The Balaban J connectivity index is 2.88. The monoisotopic (exact) mass is 204 g/mol. The van der Waals surface area contributed by atoms with E-state index in [4.69, 9.17) is 0 Å². The third kappa shape index (κ3) is 3.50. The topological polar surface area (TPSA) is 17.1 Å². The molecule has 0 fully saturated rings. The van der Waals surface area contributed by atoms with Gasteiger partial charge in [-0.2, -0.15) is 0 Å². The summed E-state index contributed by atoms with van der Waals surface area (Å²) in [6.07, 6.45) is 1.19. The van der Waals surface area contributed by atoms with Crippen molar-refractivity contribution in [3.8, 4) is 0 Å². The van der Waals surface area contributed by atoms with Gasteiger partial charge in [0.1, 0.15) is 5.78 Å². The summed E-state index contributed by atoms with van der Waals surface area (Å²) in [4.78, 5) is 11.3. The Labute approximate surface area is 92.5 Å². The molecule has 0 atom stereocenters. The molecule has 0 saturated carbocycles. The van der Waals surface area contributed by atoms with Gasteiger partial charge in [0.2, 0.25) is 0 Å². The van der Waals surface area contributed by atoms with Crippen LogP contribution in [0, 0.1) is 0 Å². The molecule has 0 radical (unpaired) electrons. The molecular weight excluding hydrogens is 184 g/mol. The molecule has 0 aliphatic carbocycles. The summed E-state index contributed by atoms with van der Waals surface area (Å²) in [7, 11) is 0. The van der Waals surface area contributed by atoms with E-state index >= 15 is 0 Å². The van der Waals surface area contributed by atoms with E-state index in [0.29, 0.717) is 18.6 Å². The molecule has 1 nitrogen and oxygen atoms in total. The molecule has 0 heterocycles. The SMILES string of the molecule is CCC(=O)Cc1cccc(C(C)(C)C)c1. The van der Waals surface area contributed by atoms with Gasteiger partial charge in [-0.3, -0.25) is 4.79 Å². The molecule has 1 heteroatoms. The zero-order valence-electron chi connectivity index (χ0n) is 10.1. The molecule has 0 N–H and O–H groups in total. The second-order valence-corrected chi connectivity index (χ2v) is 5.02. The molecule has 0 bridgehead atoms. The van der Waals surface area contributed by atoms with E-state index in [9.17, 15) is 4.79 Å². The van der Waals surface area contributed by atoms with Gasteiger partial charge in [0.15, 0.2) is 0 Å². The van der Waals surface area contributed by atoms with Crippen LogP contribution >= 0.6 is 0 Å². The van der Waals surface area contributed by atoms with Crippen LogP contribution in [-0.4, -0.2) is 5.78 Å². The van der Waals surface area contributed by atoms with Crippen LogP contribution in [0.25, 0.3) is 0 Å². The van der Waals surface area contributed by atoms with Gasteiger partial charge in [0.05, 0.1) is 0 Å². The Hall–Kier alpha value is -1.11. The molecular formula is C14H20O. The highest BCUT2D eigenvalue weighted by Crippen LogP contribution is 2.23. The minimum absolute atomic E-state index is 0.158. The molecule has 82 valence electrons. The maximum atomic E-state index is 11.3. The zero-order chi connectivity index (χ0) is 11.5. The van der Waals surface area contributed by atoms with E-state index in [0.717, 1.165) is 5.56 Å². The van der Waals surface area contributed by atoms with Crippen LogP contribution < -0.4 is 0 Å². The van der Waals surface area contributed by atoms with Crippen molar-refractivity contribution in [1.29, 1.82) is 0 Å². The molecule has 1 aromatic rings. The van der Waals surface area contributed by atoms with E-state index in [1.807, 2.05) is 19.1 Å². The predicted octanol–water partition coefficient (Wildman–Crippen LogP) is 3.51. The number of Topliss-reactive ketones (excluding diaryl/α,β-unsaturated/α-hetero) is 1. The van der Waals surface area contributed by atoms with Crippen LogP contribution in [0.1, 0.15) is 45.2 Å². The average Bonchev–Trinajstić information content (AvgIpc) is 2.17. The maximum Gasteiger partial charge on any atom is 0.136 e. The minimum Gasteiger partial charge on any atom is -0.299 e. The number of hydrogen-bond donors (Lipinski definition) is 0. The lowest BCUT2D eigenvalue weighted by Gasteiger charge is -2.19. The first-order valence-corrected chi connectivity index (χ1v) is 5.54. The lowest BCUT2D eigenvalue weighted by molar-refractivity contribution is -0.118. The highest BCUT2D eigenvalue weighted by atomic mass is 16.1. The van der Waals surface area contributed by atoms with Crippen LogP contribution in [0.2, 0.25) is 0 Å². The summed E-state index contributed by atoms with van der Waals surface area (Å²) >= 11 is 0. The van der Waals surface area contributed by atoms with Crippen molar-refractivity contribution in [3.05, 3.63) is 35.4 Å². The van der Waals surface area contributed by atoms with Crippen LogP contribution in [0.5, 0.6) is 0 Å². The largest absolute Gasteiger partial charge is 0.299 e. The average molecular weight is 204 g/mol. The molecule has 15 heavy (non-hydrogen) atoms. The second-order valence-electron chi connectivity index (χ2n) is 5.02. The van der Waals surface area contributed by atoms with Gasteiger partial charge in [0.25, 0.3) is 0 Å². The van der Waals surface area contributed by atoms with Crippen LogP contribution in [-0.2, 0) is 16.6 Å². The molecule has 0 aliphatic rings. The van der Waals surface area contributed by atoms with Gasteiger partial charge < -0.3 is 0 Å². The lowest BCUT2D eigenvalue weighted by atomic mass is 9.86. The first-order valence-electron chi connectivity index (χ1n) is 5.54. The van der Waals surface area contributed by atoms with Gasteiger partial charge in [0, 0.05) is 12.8 Å². The summed E-state index contributed by atoms with van der Waals surface area (Å²) in [6.45, 7) is 8.48. The standard InChI is InChI=1S/C14H20O/c1-5-13(15)10-11-7-6-8-12(9-11)14(2,3)4/h6-9H,5,10H2,1-4H3. The number of carbonyl (C=O) groups is 1. The second kappa shape index (κ2) is 4.61. The number of benzene rings is 1. The zero-order valence-corrected chi connectivity index (χ0v) is 10.1. The minimum atomic E-state index is 0.158. The summed E-state index contributed by atoms with van der Waals surface area (Å²) in [5, 5.41) is 0.